The van der Waals surface area contributed by atoms with E-state index in [4.69, 9.17) is 0 Å². The van der Waals surface area contributed by atoms with Crippen molar-refractivity contribution in [2.45, 2.75) is 25.0 Å². The maximum atomic E-state index is 14.7. The van der Waals surface area contributed by atoms with Gasteiger partial charge in [-0.3, -0.25) is 4.79 Å². The molecule has 0 spiro atoms. The van der Waals surface area contributed by atoms with Gasteiger partial charge in [0.05, 0.1) is 30.2 Å². The first kappa shape index (κ1) is 19.0. The van der Waals surface area contributed by atoms with Gasteiger partial charge >= 0.3 is 11.8 Å². The number of benzene rings is 1. The first-order valence-corrected chi connectivity index (χ1v) is 8.41. The molecular weight excluding hydrogens is 394 g/mol. The summed E-state index contributed by atoms with van der Waals surface area (Å²) < 4.78 is 55.3. The van der Waals surface area contributed by atoms with Crippen molar-refractivity contribution in [3.8, 4) is 5.82 Å². The number of pyridine rings is 1. The van der Waals surface area contributed by atoms with Crippen LogP contribution < -0.4 is 4.90 Å². The van der Waals surface area contributed by atoms with Crippen LogP contribution in [0.5, 0.6) is 0 Å². The fourth-order valence-corrected chi connectivity index (χ4v) is 3.23. The van der Waals surface area contributed by atoms with Gasteiger partial charge in [0.15, 0.2) is 5.82 Å². The number of halogens is 4. The third-order valence-corrected chi connectivity index (χ3v) is 4.52. The van der Waals surface area contributed by atoms with Gasteiger partial charge < -0.3 is 10.0 Å². The molecule has 0 fully saturated rings. The van der Waals surface area contributed by atoms with E-state index in [1.54, 1.807) is 0 Å². The summed E-state index contributed by atoms with van der Waals surface area (Å²) in [6.07, 6.45) is -1.42. The van der Waals surface area contributed by atoms with E-state index in [0.29, 0.717) is 11.4 Å². The lowest BCUT2D eigenvalue weighted by atomic mass is 9.98. The van der Waals surface area contributed by atoms with Crippen molar-refractivity contribution in [2.75, 3.05) is 4.90 Å². The number of aliphatic hydroxyl groups is 1. The van der Waals surface area contributed by atoms with Crippen molar-refractivity contribution in [3.63, 3.8) is 0 Å². The van der Waals surface area contributed by atoms with Gasteiger partial charge in [-0.05, 0) is 29.3 Å². The van der Waals surface area contributed by atoms with Crippen LogP contribution in [-0.4, -0.2) is 37.4 Å². The lowest BCUT2D eigenvalue weighted by Gasteiger charge is -2.18. The third kappa shape index (κ3) is 3.12. The second kappa shape index (κ2) is 6.92. The lowest BCUT2D eigenvalue weighted by Crippen LogP contribution is -2.34. The number of nitrogens with zero attached hydrogens (tertiary/aromatic N) is 5. The molecule has 11 heteroatoms. The number of carbonyl (C=O) groups is 1. The van der Waals surface area contributed by atoms with E-state index >= 15 is 0 Å². The van der Waals surface area contributed by atoms with Crippen molar-refractivity contribution in [3.05, 3.63) is 65.6 Å². The molecule has 2 aromatic heterocycles. The van der Waals surface area contributed by atoms with E-state index in [1.165, 1.54) is 47.7 Å². The van der Waals surface area contributed by atoms with Gasteiger partial charge in [0, 0.05) is 6.20 Å². The summed E-state index contributed by atoms with van der Waals surface area (Å²) in [6, 6.07) is 6.48. The molecule has 1 unspecified atom stereocenters. The highest BCUT2D eigenvalue weighted by Crippen LogP contribution is 2.48. The van der Waals surface area contributed by atoms with Crippen LogP contribution in [0.2, 0.25) is 0 Å². The van der Waals surface area contributed by atoms with E-state index in [9.17, 15) is 27.5 Å². The van der Waals surface area contributed by atoms with E-state index < -0.39 is 35.5 Å². The summed E-state index contributed by atoms with van der Waals surface area (Å²) >= 11 is 0. The first-order chi connectivity index (χ1) is 13.8. The van der Waals surface area contributed by atoms with Gasteiger partial charge in [0.2, 0.25) is 0 Å². The normalized spacial score (nSPS) is 16.3. The molecule has 1 atom stereocenters. The Morgan fingerprint density at radius 2 is 1.83 bits per heavy atom. The van der Waals surface area contributed by atoms with E-state index in [0.717, 1.165) is 11.0 Å². The van der Waals surface area contributed by atoms with Gasteiger partial charge in [-0.25, -0.2) is 13.8 Å². The molecule has 0 saturated carbocycles. The Morgan fingerprint density at radius 3 is 2.52 bits per heavy atom. The largest absolute Gasteiger partial charge is 0.382 e. The predicted octanol–water partition coefficient (Wildman–Crippen LogP) is 2.60. The van der Waals surface area contributed by atoms with Crippen molar-refractivity contribution < 1.29 is 27.5 Å². The van der Waals surface area contributed by atoms with Crippen LogP contribution in [0, 0.1) is 0 Å². The van der Waals surface area contributed by atoms with Crippen LogP contribution in [0.15, 0.2) is 48.9 Å². The molecule has 1 aliphatic rings. The fraction of sp³-hybridized carbons (Fsp3) is 0.222. The number of fused-ring (bicyclic) bond motifs is 1. The molecule has 3 aromatic rings. The van der Waals surface area contributed by atoms with Crippen LogP contribution in [-0.2, 0) is 17.3 Å². The molecule has 1 N–H and O–H groups in total. The van der Waals surface area contributed by atoms with Crippen LogP contribution >= 0.6 is 0 Å². The molecule has 0 radical (unpaired) electrons. The molecule has 0 saturated heterocycles. The molecule has 0 bridgehead atoms. The average molecular weight is 407 g/mol. The Morgan fingerprint density at radius 1 is 1.10 bits per heavy atom. The second-order valence-electron chi connectivity index (χ2n) is 6.33. The van der Waals surface area contributed by atoms with Crippen molar-refractivity contribution >= 4 is 11.6 Å². The SMILES string of the molecule is O=C1N(Cc2ccnc(-n3nccn3)c2)c2cccc(C(O)C(F)F)c2C1(F)F. The number of rotatable bonds is 5. The van der Waals surface area contributed by atoms with E-state index in [1.807, 2.05) is 0 Å². The minimum absolute atomic E-state index is 0.229. The number of amides is 1. The Bertz CT molecular complexity index is 1060. The van der Waals surface area contributed by atoms with Crippen molar-refractivity contribution in [1.29, 1.82) is 0 Å². The summed E-state index contributed by atoms with van der Waals surface area (Å²) in [5.74, 6) is -5.29. The molecule has 4 rings (SSSR count). The quantitative estimate of drug-likeness (QED) is 0.658. The number of anilines is 1. The Kier molecular flexibility index (Phi) is 4.53. The number of aromatic nitrogens is 4. The highest BCUT2D eigenvalue weighted by Gasteiger charge is 2.55. The highest BCUT2D eigenvalue weighted by atomic mass is 19.3. The number of carbonyl (C=O) groups excluding carboxylic acids is 1. The van der Waals surface area contributed by atoms with Gasteiger partial charge in [-0.2, -0.15) is 19.0 Å². The molecule has 1 aliphatic heterocycles. The minimum Gasteiger partial charge on any atom is -0.382 e. The minimum atomic E-state index is -4.04. The summed E-state index contributed by atoms with van der Waals surface area (Å²) in [5.41, 5.74) is -1.35. The zero-order valence-corrected chi connectivity index (χ0v) is 14.6. The van der Waals surface area contributed by atoms with Crippen LogP contribution in [0.25, 0.3) is 5.82 Å². The van der Waals surface area contributed by atoms with Gasteiger partial charge in [-0.15, -0.1) is 4.80 Å². The monoisotopic (exact) mass is 407 g/mol. The average Bonchev–Trinajstić information content (AvgIpc) is 3.30. The van der Waals surface area contributed by atoms with Gasteiger partial charge in [0.1, 0.15) is 6.10 Å². The first-order valence-electron chi connectivity index (χ1n) is 8.41. The Labute approximate surface area is 161 Å². The molecule has 7 nitrogen and oxygen atoms in total. The molecule has 29 heavy (non-hydrogen) atoms. The Hall–Kier alpha value is -3.34. The van der Waals surface area contributed by atoms with Crippen molar-refractivity contribution in [2.24, 2.45) is 0 Å². The highest BCUT2D eigenvalue weighted by molar-refractivity contribution is 6.06. The number of hydrogen-bond donors (Lipinski definition) is 1. The molecule has 0 aliphatic carbocycles. The van der Waals surface area contributed by atoms with Crippen LogP contribution in [0.1, 0.15) is 22.8 Å². The third-order valence-electron chi connectivity index (χ3n) is 4.52. The maximum Gasteiger partial charge on any atom is 0.352 e. The Balaban J connectivity index is 1.74. The molecular formula is C18H13F4N5O2. The second-order valence-corrected chi connectivity index (χ2v) is 6.33. The topological polar surface area (TPSA) is 84.1 Å². The zero-order valence-electron chi connectivity index (χ0n) is 14.6. The molecule has 150 valence electrons. The molecule has 3 heterocycles. The summed E-state index contributed by atoms with van der Waals surface area (Å²) in [6.45, 7) is -0.258. The maximum absolute atomic E-state index is 14.7. The number of aliphatic hydroxyl groups excluding tert-OH is 1. The van der Waals surface area contributed by atoms with Gasteiger partial charge in [-0.1, -0.05) is 12.1 Å². The zero-order chi connectivity index (χ0) is 20.8. The number of hydrogen-bond acceptors (Lipinski definition) is 5. The van der Waals surface area contributed by atoms with E-state index in [2.05, 4.69) is 15.2 Å². The van der Waals surface area contributed by atoms with Crippen molar-refractivity contribution in [1.82, 2.24) is 20.0 Å². The smallest absolute Gasteiger partial charge is 0.352 e. The fourth-order valence-electron chi connectivity index (χ4n) is 3.23. The van der Waals surface area contributed by atoms with Crippen LogP contribution in [0.3, 0.4) is 0 Å². The standard InChI is InChI=1S/C18H13F4N5O2/c19-16(20)15(28)11-2-1-3-12-14(11)18(21,22)17(29)26(12)9-10-4-5-23-13(8-10)27-24-6-7-25-27/h1-8,15-16,28H,9H2. The van der Waals surface area contributed by atoms with Crippen LogP contribution in [0.4, 0.5) is 23.2 Å². The lowest BCUT2D eigenvalue weighted by molar-refractivity contribution is -0.142. The summed E-state index contributed by atoms with van der Waals surface area (Å²) in [7, 11) is 0. The summed E-state index contributed by atoms with van der Waals surface area (Å²) in [4.78, 5) is 18.5. The number of alkyl halides is 4. The predicted molar refractivity (Wildman–Crippen MR) is 91.6 cm³/mol. The van der Waals surface area contributed by atoms with Gasteiger partial charge in [0.25, 0.3) is 6.43 Å². The van der Waals surface area contributed by atoms with E-state index in [-0.39, 0.29) is 12.2 Å². The molecule has 1 aromatic carbocycles. The summed E-state index contributed by atoms with van der Waals surface area (Å²) in [5, 5.41) is 17.5. The molecule has 1 amide bonds.